The van der Waals surface area contributed by atoms with Crippen molar-refractivity contribution in [3.05, 3.63) is 71.2 Å². The number of nitrogens with zero attached hydrogens (tertiary/aromatic N) is 2. The summed E-state index contributed by atoms with van der Waals surface area (Å²) in [6.45, 7) is 1.88. The van der Waals surface area contributed by atoms with E-state index in [1.807, 2.05) is 37.3 Å². The molecule has 0 aliphatic heterocycles. The zero-order chi connectivity index (χ0) is 17.6. The fraction of sp³-hybridized carbons (Fsp3) is 0.211. The number of nitrogens with one attached hydrogen (secondary N) is 2. The molecule has 0 saturated heterocycles. The van der Waals surface area contributed by atoms with E-state index < -0.39 is 0 Å². The van der Waals surface area contributed by atoms with Gasteiger partial charge in [-0.05, 0) is 43.5 Å². The minimum atomic E-state index is -0.227. The number of para-hydroxylation sites is 1. The van der Waals surface area contributed by atoms with Crippen LogP contribution in [0.1, 0.15) is 27.3 Å². The van der Waals surface area contributed by atoms with Gasteiger partial charge in [-0.1, -0.05) is 18.2 Å². The number of aryl methyl sites for hydroxylation is 3. The molecule has 2 heterocycles. The van der Waals surface area contributed by atoms with Crippen molar-refractivity contribution in [3.8, 4) is 5.75 Å². The predicted octanol–water partition coefficient (Wildman–Crippen LogP) is 3.16. The normalized spacial score (nSPS) is 10.5. The Labute approximate surface area is 146 Å². The Morgan fingerprint density at radius 3 is 2.80 bits per heavy atom. The molecule has 0 saturated carbocycles. The number of aromatic nitrogens is 3. The standard InChI is InChI=1S/C19H20N4O2/c1-13-7-8-15(12-20-13)19(24)21-18-11-16(22-23-18)10-9-14-5-3-4-6-17(14)25-2/h3-8,11-12H,9-10H2,1-2H3,(H2,21,22,23,24). The number of carbonyl (C=O) groups is 1. The topological polar surface area (TPSA) is 79.9 Å². The first-order valence-corrected chi connectivity index (χ1v) is 8.06. The first-order valence-electron chi connectivity index (χ1n) is 8.06. The lowest BCUT2D eigenvalue weighted by Crippen LogP contribution is -2.12. The lowest BCUT2D eigenvalue weighted by molar-refractivity contribution is 0.102. The van der Waals surface area contributed by atoms with Gasteiger partial charge in [0.15, 0.2) is 5.82 Å². The molecule has 2 N–H and O–H groups in total. The maximum atomic E-state index is 12.2. The van der Waals surface area contributed by atoms with Crippen LogP contribution in [0.2, 0.25) is 0 Å². The van der Waals surface area contributed by atoms with Crippen molar-refractivity contribution in [2.75, 3.05) is 12.4 Å². The van der Waals surface area contributed by atoms with Crippen LogP contribution in [0.3, 0.4) is 0 Å². The second-order valence-electron chi connectivity index (χ2n) is 5.73. The molecule has 3 rings (SSSR count). The average Bonchev–Trinajstić information content (AvgIpc) is 3.08. The van der Waals surface area contributed by atoms with Gasteiger partial charge >= 0.3 is 0 Å². The quantitative estimate of drug-likeness (QED) is 0.724. The second-order valence-corrected chi connectivity index (χ2v) is 5.73. The average molecular weight is 336 g/mol. The summed E-state index contributed by atoms with van der Waals surface area (Å²) in [4.78, 5) is 16.3. The van der Waals surface area contributed by atoms with Crippen LogP contribution in [-0.4, -0.2) is 28.2 Å². The van der Waals surface area contributed by atoms with E-state index in [0.717, 1.165) is 35.5 Å². The van der Waals surface area contributed by atoms with E-state index in [-0.39, 0.29) is 5.91 Å². The number of carbonyl (C=O) groups excluding carboxylic acids is 1. The number of benzene rings is 1. The second kappa shape index (κ2) is 7.61. The number of ether oxygens (including phenoxy) is 1. The number of amides is 1. The van der Waals surface area contributed by atoms with Crippen LogP contribution in [0, 0.1) is 6.92 Å². The number of rotatable bonds is 6. The van der Waals surface area contributed by atoms with Gasteiger partial charge < -0.3 is 10.1 Å². The Morgan fingerprint density at radius 2 is 2.04 bits per heavy atom. The molecule has 25 heavy (non-hydrogen) atoms. The van der Waals surface area contributed by atoms with Crippen LogP contribution in [0.5, 0.6) is 5.75 Å². The van der Waals surface area contributed by atoms with Gasteiger partial charge in [0.2, 0.25) is 0 Å². The minimum absolute atomic E-state index is 0.227. The van der Waals surface area contributed by atoms with Crippen molar-refractivity contribution in [2.45, 2.75) is 19.8 Å². The van der Waals surface area contributed by atoms with Crippen molar-refractivity contribution in [3.63, 3.8) is 0 Å². The number of anilines is 1. The van der Waals surface area contributed by atoms with Crippen LogP contribution in [0.4, 0.5) is 5.82 Å². The molecule has 0 atom stereocenters. The highest BCUT2D eigenvalue weighted by Crippen LogP contribution is 2.19. The molecule has 0 unspecified atom stereocenters. The molecule has 1 amide bonds. The Balaban J connectivity index is 1.60. The molecular formula is C19H20N4O2. The van der Waals surface area contributed by atoms with Gasteiger partial charge in [0, 0.05) is 23.7 Å². The fourth-order valence-electron chi connectivity index (χ4n) is 2.52. The number of H-pyrrole nitrogens is 1. The lowest BCUT2D eigenvalue weighted by Gasteiger charge is -2.06. The van der Waals surface area contributed by atoms with E-state index in [1.54, 1.807) is 25.4 Å². The van der Waals surface area contributed by atoms with Gasteiger partial charge in [0.25, 0.3) is 5.91 Å². The van der Waals surface area contributed by atoms with Crippen LogP contribution in [-0.2, 0) is 12.8 Å². The highest BCUT2D eigenvalue weighted by molar-refractivity contribution is 6.03. The number of aromatic amines is 1. The highest BCUT2D eigenvalue weighted by atomic mass is 16.5. The molecule has 0 bridgehead atoms. The summed E-state index contributed by atoms with van der Waals surface area (Å²) in [5, 5.41) is 9.88. The maximum absolute atomic E-state index is 12.2. The third-order valence-corrected chi connectivity index (χ3v) is 3.90. The van der Waals surface area contributed by atoms with Gasteiger partial charge in [-0.3, -0.25) is 14.9 Å². The fourth-order valence-corrected chi connectivity index (χ4v) is 2.52. The SMILES string of the molecule is COc1ccccc1CCc1cc(NC(=O)c2ccc(C)nc2)n[nH]1. The summed E-state index contributed by atoms with van der Waals surface area (Å²) < 4.78 is 5.36. The molecule has 1 aromatic carbocycles. The van der Waals surface area contributed by atoms with Crippen molar-refractivity contribution >= 4 is 11.7 Å². The largest absolute Gasteiger partial charge is 0.496 e. The molecule has 6 heteroatoms. The summed E-state index contributed by atoms with van der Waals surface area (Å²) >= 11 is 0. The smallest absolute Gasteiger partial charge is 0.258 e. The van der Waals surface area contributed by atoms with Gasteiger partial charge in [0.05, 0.1) is 12.7 Å². The first-order chi connectivity index (χ1) is 12.2. The van der Waals surface area contributed by atoms with E-state index in [0.29, 0.717) is 11.4 Å². The Morgan fingerprint density at radius 1 is 1.20 bits per heavy atom. The van der Waals surface area contributed by atoms with Crippen molar-refractivity contribution in [1.29, 1.82) is 0 Å². The zero-order valence-electron chi connectivity index (χ0n) is 14.2. The van der Waals surface area contributed by atoms with E-state index in [2.05, 4.69) is 20.5 Å². The monoisotopic (exact) mass is 336 g/mol. The predicted molar refractivity (Wildman–Crippen MR) is 95.9 cm³/mol. The molecule has 0 spiro atoms. The van der Waals surface area contributed by atoms with E-state index >= 15 is 0 Å². The molecule has 0 fully saturated rings. The number of pyridine rings is 1. The molecular weight excluding hydrogens is 316 g/mol. The maximum Gasteiger partial charge on any atom is 0.258 e. The third kappa shape index (κ3) is 4.23. The van der Waals surface area contributed by atoms with E-state index in [1.165, 1.54) is 0 Å². The number of hydrogen-bond donors (Lipinski definition) is 2. The van der Waals surface area contributed by atoms with E-state index in [9.17, 15) is 4.79 Å². The van der Waals surface area contributed by atoms with Crippen LogP contribution < -0.4 is 10.1 Å². The molecule has 0 aliphatic carbocycles. The molecule has 6 nitrogen and oxygen atoms in total. The minimum Gasteiger partial charge on any atom is -0.496 e. The van der Waals surface area contributed by atoms with Crippen LogP contribution >= 0.6 is 0 Å². The summed E-state index contributed by atoms with van der Waals surface area (Å²) in [5.41, 5.74) is 3.46. The van der Waals surface area contributed by atoms with E-state index in [4.69, 9.17) is 4.74 Å². The molecule has 3 aromatic rings. The third-order valence-electron chi connectivity index (χ3n) is 3.90. The van der Waals surface area contributed by atoms with Crippen molar-refractivity contribution in [1.82, 2.24) is 15.2 Å². The highest BCUT2D eigenvalue weighted by Gasteiger charge is 2.09. The van der Waals surface area contributed by atoms with Crippen LogP contribution in [0.25, 0.3) is 0 Å². The first kappa shape index (κ1) is 16.7. The summed E-state index contributed by atoms with van der Waals surface area (Å²) in [6.07, 6.45) is 3.15. The molecule has 0 radical (unpaired) electrons. The van der Waals surface area contributed by atoms with Crippen molar-refractivity contribution in [2.24, 2.45) is 0 Å². The Kier molecular flexibility index (Phi) is 5.09. The Hall–Kier alpha value is -3.15. The number of hydrogen-bond acceptors (Lipinski definition) is 4. The van der Waals surface area contributed by atoms with Crippen molar-refractivity contribution < 1.29 is 9.53 Å². The Bertz CT molecular complexity index is 856. The number of methoxy groups -OCH3 is 1. The molecule has 128 valence electrons. The zero-order valence-corrected chi connectivity index (χ0v) is 14.2. The lowest BCUT2D eigenvalue weighted by atomic mass is 10.1. The van der Waals surface area contributed by atoms with Gasteiger partial charge in [-0.15, -0.1) is 0 Å². The van der Waals surface area contributed by atoms with Gasteiger partial charge in [-0.2, -0.15) is 5.10 Å². The summed E-state index contributed by atoms with van der Waals surface area (Å²) in [6, 6.07) is 13.3. The van der Waals surface area contributed by atoms with Gasteiger partial charge in [-0.25, -0.2) is 0 Å². The van der Waals surface area contributed by atoms with Gasteiger partial charge in [0.1, 0.15) is 5.75 Å². The molecule has 0 aliphatic rings. The van der Waals surface area contributed by atoms with Crippen LogP contribution in [0.15, 0.2) is 48.7 Å². The summed E-state index contributed by atoms with van der Waals surface area (Å²) in [5.74, 6) is 1.15. The molecule has 2 aromatic heterocycles. The summed E-state index contributed by atoms with van der Waals surface area (Å²) in [7, 11) is 1.67.